The van der Waals surface area contributed by atoms with Gasteiger partial charge in [-0.25, -0.2) is 4.98 Å². The highest BCUT2D eigenvalue weighted by Gasteiger charge is 2.39. The fourth-order valence-corrected chi connectivity index (χ4v) is 1.49. The molecule has 124 valence electrons. The summed E-state index contributed by atoms with van der Waals surface area (Å²) < 4.78 is 73.6. The number of hydrogen-bond donors (Lipinski definition) is 3. The lowest BCUT2D eigenvalue weighted by atomic mass is 10.1. The number of nitrogens with one attached hydrogen (secondary N) is 2. The number of carbonyl (C=O) groups excluding carboxylic acids is 1. The molecule has 0 aliphatic rings. The number of carboxylic acids is 1. The number of imidazole rings is 1. The summed E-state index contributed by atoms with van der Waals surface area (Å²) in [6.07, 6.45) is -10.2. The lowest BCUT2D eigenvalue weighted by Crippen LogP contribution is -2.44. The summed E-state index contributed by atoms with van der Waals surface area (Å²) in [5.74, 6) is -3.95. The molecule has 0 radical (unpaired) electrons. The minimum Gasteiger partial charge on any atom is -0.480 e. The largest absolute Gasteiger partial charge is 0.480 e. The van der Waals surface area contributed by atoms with Crippen molar-refractivity contribution in [1.29, 1.82) is 0 Å². The predicted molar refractivity (Wildman–Crippen MR) is 57.8 cm³/mol. The Bertz CT molecular complexity index is 551. The zero-order chi connectivity index (χ0) is 17.1. The van der Waals surface area contributed by atoms with Gasteiger partial charge in [0.05, 0.1) is 12.9 Å². The molecule has 1 aromatic rings. The first-order valence-electron chi connectivity index (χ1n) is 5.58. The third-order valence-electron chi connectivity index (χ3n) is 2.52. The number of hydrogen-bond acceptors (Lipinski definition) is 4. The van der Waals surface area contributed by atoms with Gasteiger partial charge in [-0.2, -0.15) is 26.3 Å². The van der Waals surface area contributed by atoms with Crippen LogP contribution in [-0.4, -0.2) is 45.6 Å². The van der Waals surface area contributed by atoms with Crippen LogP contribution in [-0.2, 0) is 22.2 Å². The molecule has 1 unspecified atom stereocenters. The Kier molecular flexibility index (Phi) is 5.17. The predicted octanol–water partition coefficient (Wildman–Crippen LogP) is 1.15. The number of rotatable bonds is 6. The van der Waals surface area contributed by atoms with Crippen molar-refractivity contribution in [2.45, 2.75) is 24.8 Å². The highest BCUT2D eigenvalue weighted by molar-refractivity contribution is 5.86. The molecule has 1 atom stereocenters. The summed E-state index contributed by atoms with van der Waals surface area (Å²) in [5.41, 5.74) is -1.99. The number of carboxylic acid groups (broad SMARTS) is 1. The quantitative estimate of drug-likeness (QED) is 0.679. The molecule has 0 fully saturated rings. The number of nitrogens with zero attached hydrogens (tertiary/aromatic N) is 1. The number of carbonyl (C=O) groups is 2. The third kappa shape index (κ3) is 4.72. The van der Waals surface area contributed by atoms with Gasteiger partial charge in [-0.3, -0.25) is 14.9 Å². The van der Waals surface area contributed by atoms with E-state index >= 15 is 0 Å². The van der Waals surface area contributed by atoms with Crippen LogP contribution >= 0.6 is 0 Å². The van der Waals surface area contributed by atoms with Crippen LogP contribution in [0, 0.1) is 0 Å². The lowest BCUT2D eigenvalue weighted by Gasteiger charge is -2.15. The maximum absolute atomic E-state index is 12.6. The average Bonchev–Trinajstić information content (AvgIpc) is 2.80. The maximum Gasteiger partial charge on any atom is 0.451 e. The summed E-state index contributed by atoms with van der Waals surface area (Å²) >= 11 is 0. The highest BCUT2D eigenvalue weighted by Crippen LogP contribution is 2.30. The number of aromatic amines is 1. The van der Waals surface area contributed by atoms with Gasteiger partial charge in [-0.05, 0) is 0 Å². The molecule has 0 bridgehead atoms. The number of aliphatic carboxylic acids is 1. The molecule has 22 heavy (non-hydrogen) atoms. The van der Waals surface area contributed by atoms with Gasteiger partial charge >= 0.3 is 18.3 Å². The summed E-state index contributed by atoms with van der Waals surface area (Å²) in [5, 5.41) is 10.6. The average molecular weight is 333 g/mol. The number of aromatic nitrogens is 2. The van der Waals surface area contributed by atoms with Crippen molar-refractivity contribution in [1.82, 2.24) is 15.3 Å². The molecule has 0 aliphatic heterocycles. The van der Waals surface area contributed by atoms with Gasteiger partial charge in [-0.1, -0.05) is 0 Å². The van der Waals surface area contributed by atoms with Crippen LogP contribution in [0.15, 0.2) is 6.33 Å². The number of Topliss-reactive ketones (excluding diaryl/α,β-unsaturated/α-hetero) is 1. The number of ketones is 1. The molecular weight excluding hydrogens is 324 g/mol. The van der Waals surface area contributed by atoms with Gasteiger partial charge in [-0.15, -0.1) is 0 Å². The Balaban J connectivity index is 2.81. The fraction of sp³-hybridized carbons (Fsp3) is 0.500. The van der Waals surface area contributed by atoms with Crippen molar-refractivity contribution in [3.05, 3.63) is 17.7 Å². The monoisotopic (exact) mass is 333 g/mol. The second-order valence-electron chi connectivity index (χ2n) is 4.12. The molecule has 0 amide bonds. The van der Waals surface area contributed by atoms with Crippen LogP contribution < -0.4 is 5.32 Å². The van der Waals surface area contributed by atoms with E-state index in [1.807, 2.05) is 0 Å². The molecule has 12 heteroatoms. The Morgan fingerprint density at radius 3 is 2.32 bits per heavy atom. The van der Waals surface area contributed by atoms with E-state index in [-0.39, 0.29) is 0 Å². The molecule has 1 rings (SSSR count). The topological polar surface area (TPSA) is 95.1 Å². The van der Waals surface area contributed by atoms with Crippen molar-refractivity contribution in [3.63, 3.8) is 0 Å². The van der Waals surface area contributed by atoms with Crippen LogP contribution in [0.1, 0.15) is 11.4 Å². The standard InChI is InChI=1S/C10H9F6N3O3/c11-9(12,13)6(20)2-17-5(8(21)22)1-4-7(10(14,15)16)19-3-18-4/h3,5,17H,1-2H2,(H,18,19)(H,21,22). The lowest BCUT2D eigenvalue weighted by molar-refractivity contribution is -0.170. The SMILES string of the molecule is O=C(O)C(Cc1[nH]cnc1C(F)(F)F)NCC(=O)C(F)(F)F. The molecular formula is C10H9F6N3O3. The van der Waals surface area contributed by atoms with Gasteiger partial charge < -0.3 is 10.1 Å². The van der Waals surface area contributed by atoms with E-state index in [0.29, 0.717) is 6.33 Å². The number of halogens is 6. The molecule has 3 N–H and O–H groups in total. The Hall–Kier alpha value is -2.11. The van der Waals surface area contributed by atoms with Crippen molar-refractivity contribution >= 4 is 11.8 Å². The smallest absolute Gasteiger partial charge is 0.451 e. The summed E-state index contributed by atoms with van der Waals surface area (Å²) in [4.78, 5) is 26.6. The van der Waals surface area contributed by atoms with Gasteiger partial charge in [0.25, 0.3) is 0 Å². The molecule has 0 saturated heterocycles. The summed E-state index contributed by atoms with van der Waals surface area (Å²) in [6, 6.07) is -1.83. The van der Waals surface area contributed by atoms with Gasteiger partial charge in [0, 0.05) is 12.1 Å². The normalized spacial score (nSPS) is 13.9. The van der Waals surface area contributed by atoms with E-state index < -0.39 is 54.5 Å². The minimum atomic E-state index is -5.17. The summed E-state index contributed by atoms with van der Waals surface area (Å²) in [6.45, 7) is -1.37. The number of H-pyrrole nitrogens is 1. The molecule has 1 heterocycles. The van der Waals surface area contributed by atoms with Gasteiger partial charge in [0.1, 0.15) is 6.04 Å². The third-order valence-corrected chi connectivity index (χ3v) is 2.52. The molecule has 0 spiro atoms. The van der Waals surface area contributed by atoms with Crippen molar-refractivity contribution < 1.29 is 41.0 Å². The van der Waals surface area contributed by atoms with Gasteiger partial charge in [0.2, 0.25) is 5.78 Å². The zero-order valence-corrected chi connectivity index (χ0v) is 10.5. The maximum atomic E-state index is 12.6. The minimum absolute atomic E-state index is 0.619. The van der Waals surface area contributed by atoms with E-state index in [0.717, 1.165) is 0 Å². The number of alkyl halides is 6. The van der Waals surface area contributed by atoms with Crippen LogP contribution in [0.5, 0.6) is 0 Å². The van der Waals surface area contributed by atoms with Crippen LogP contribution in [0.4, 0.5) is 26.3 Å². The van der Waals surface area contributed by atoms with E-state index in [1.54, 1.807) is 5.32 Å². The second kappa shape index (κ2) is 6.34. The van der Waals surface area contributed by atoms with E-state index in [9.17, 15) is 35.9 Å². The van der Waals surface area contributed by atoms with Crippen molar-refractivity contribution in [2.75, 3.05) is 6.54 Å². The molecule has 0 saturated carbocycles. The Morgan fingerprint density at radius 2 is 1.86 bits per heavy atom. The Labute approximate surface area is 118 Å². The first kappa shape index (κ1) is 17.9. The van der Waals surface area contributed by atoms with Gasteiger partial charge in [0.15, 0.2) is 5.69 Å². The summed E-state index contributed by atoms with van der Waals surface area (Å²) in [7, 11) is 0. The molecule has 1 aromatic heterocycles. The van der Waals surface area contributed by atoms with E-state index in [2.05, 4.69) is 9.97 Å². The highest BCUT2D eigenvalue weighted by atomic mass is 19.4. The molecule has 0 aliphatic carbocycles. The van der Waals surface area contributed by atoms with Crippen LogP contribution in [0.3, 0.4) is 0 Å². The van der Waals surface area contributed by atoms with Crippen LogP contribution in [0.2, 0.25) is 0 Å². The van der Waals surface area contributed by atoms with E-state index in [1.165, 1.54) is 0 Å². The van der Waals surface area contributed by atoms with Crippen molar-refractivity contribution in [2.24, 2.45) is 0 Å². The first-order valence-corrected chi connectivity index (χ1v) is 5.58. The fourth-order valence-electron chi connectivity index (χ4n) is 1.49. The second-order valence-corrected chi connectivity index (χ2v) is 4.12. The Morgan fingerprint density at radius 1 is 1.27 bits per heavy atom. The van der Waals surface area contributed by atoms with E-state index in [4.69, 9.17) is 5.11 Å². The molecule has 6 nitrogen and oxygen atoms in total. The van der Waals surface area contributed by atoms with Crippen LogP contribution in [0.25, 0.3) is 0 Å². The zero-order valence-electron chi connectivity index (χ0n) is 10.5. The van der Waals surface area contributed by atoms with Crippen molar-refractivity contribution in [3.8, 4) is 0 Å². The molecule has 0 aromatic carbocycles. The first-order chi connectivity index (χ1) is 9.93.